The molecule has 1 saturated heterocycles. The number of ether oxygens (including phenoxy) is 1. The van der Waals surface area contributed by atoms with Gasteiger partial charge in [-0.05, 0) is 31.2 Å². The third-order valence-corrected chi connectivity index (χ3v) is 4.28. The topological polar surface area (TPSA) is 50.4 Å². The van der Waals surface area contributed by atoms with Crippen LogP contribution in [0.15, 0.2) is 30.3 Å². The Labute approximate surface area is 113 Å². The number of hydrogen-bond donors (Lipinski definition) is 2. The second-order valence-electron chi connectivity index (χ2n) is 5.63. The Morgan fingerprint density at radius 2 is 1.95 bits per heavy atom. The van der Waals surface area contributed by atoms with Crippen molar-refractivity contribution < 1.29 is 9.53 Å². The van der Waals surface area contributed by atoms with Crippen LogP contribution in [0, 0.1) is 5.92 Å². The van der Waals surface area contributed by atoms with Gasteiger partial charge in [0, 0.05) is 12.1 Å². The first kappa shape index (κ1) is 12.6. The lowest BCUT2D eigenvalue weighted by molar-refractivity contribution is -0.152. The second-order valence-corrected chi connectivity index (χ2v) is 5.63. The highest BCUT2D eigenvalue weighted by molar-refractivity contribution is 5.72. The zero-order valence-electron chi connectivity index (χ0n) is 11.0. The first-order valence-electron chi connectivity index (χ1n) is 6.98. The maximum atomic E-state index is 12.0. The Hall–Kier alpha value is -1.39. The molecular weight excluding hydrogens is 240 g/mol. The Balaban J connectivity index is 1.46. The van der Waals surface area contributed by atoms with Crippen molar-refractivity contribution >= 4 is 5.97 Å². The third kappa shape index (κ3) is 2.80. The molecule has 1 heterocycles. The van der Waals surface area contributed by atoms with Crippen LogP contribution in [0.3, 0.4) is 0 Å². The van der Waals surface area contributed by atoms with E-state index < -0.39 is 0 Å². The van der Waals surface area contributed by atoms with E-state index in [-0.39, 0.29) is 17.4 Å². The number of esters is 1. The molecule has 2 fully saturated rings. The molecule has 1 aromatic carbocycles. The maximum absolute atomic E-state index is 12.0. The Bertz CT molecular complexity index is 433. The van der Waals surface area contributed by atoms with Gasteiger partial charge in [-0.3, -0.25) is 15.6 Å². The smallest absolute Gasteiger partial charge is 0.309 e. The van der Waals surface area contributed by atoms with Crippen molar-refractivity contribution in [2.45, 2.75) is 37.8 Å². The van der Waals surface area contributed by atoms with Gasteiger partial charge in [0.25, 0.3) is 0 Å². The van der Waals surface area contributed by atoms with E-state index in [1.807, 2.05) is 30.3 Å². The van der Waals surface area contributed by atoms with Crippen LogP contribution < -0.4 is 10.9 Å². The molecule has 2 aliphatic rings. The molecule has 1 aliphatic carbocycles. The zero-order valence-corrected chi connectivity index (χ0v) is 11.0. The molecule has 4 heteroatoms. The van der Waals surface area contributed by atoms with Crippen LogP contribution in [0.2, 0.25) is 0 Å². The standard InChI is InChI=1S/C15H20N2O2/c18-14(19-10-12-4-2-1-3-5-12)13-6-8-15(9-7-13)11-16-17-15/h1-5,13,16-17H,6-11H2. The molecule has 1 aromatic rings. The van der Waals surface area contributed by atoms with Crippen molar-refractivity contribution in [1.29, 1.82) is 0 Å². The van der Waals surface area contributed by atoms with Gasteiger partial charge < -0.3 is 4.74 Å². The van der Waals surface area contributed by atoms with Gasteiger partial charge in [-0.1, -0.05) is 30.3 Å². The van der Waals surface area contributed by atoms with Gasteiger partial charge in [0.05, 0.1) is 5.92 Å². The average molecular weight is 260 g/mol. The van der Waals surface area contributed by atoms with Gasteiger partial charge in [-0.25, -0.2) is 0 Å². The van der Waals surface area contributed by atoms with Gasteiger partial charge in [-0.15, -0.1) is 0 Å². The number of rotatable bonds is 3. The van der Waals surface area contributed by atoms with Gasteiger partial charge >= 0.3 is 5.97 Å². The predicted molar refractivity (Wildman–Crippen MR) is 72.1 cm³/mol. The van der Waals surface area contributed by atoms with Crippen LogP contribution in [0.25, 0.3) is 0 Å². The minimum absolute atomic E-state index is 0.0361. The molecule has 0 unspecified atom stereocenters. The number of nitrogens with one attached hydrogen (secondary N) is 2. The highest BCUT2D eigenvalue weighted by Gasteiger charge is 2.41. The normalized spacial score (nSPS) is 29.8. The molecule has 0 amide bonds. The Morgan fingerprint density at radius 1 is 1.26 bits per heavy atom. The van der Waals surface area contributed by atoms with Crippen molar-refractivity contribution in [3.63, 3.8) is 0 Å². The summed E-state index contributed by atoms with van der Waals surface area (Å²) in [6.45, 7) is 1.42. The third-order valence-electron chi connectivity index (χ3n) is 4.28. The monoisotopic (exact) mass is 260 g/mol. The van der Waals surface area contributed by atoms with Gasteiger partial charge in [0.15, 0.2) is 0 Å². The molecule has 0 atom stereocenters. The first-order chi connectivity index (χ1) is 9.27. The maximum Gasteiger partial charge on any atom is 0.309 e. The summed E-state index contributed by atoms with van der Waals surface area (Å²) in [6, 6.07) is 9.84. The Kier molecular flexibility index (Phi) is 3.53. The SMILES string of the molecule is O=C(OCc1ccccc1)C1CCC2(CC1)CNN2. The van der Waals surface area contributed by atoms with Crippen LogP contribution in [0.4, 0.5) is 0 Å². The molecule has 0 bridgehead atoms. The summed E-state index contributed by atoms with van der Waals surface area (Å²) in [6.07, 6.45) is 3.99. The summed E-state index contributed by atoms with van der Waals surface area (Å²) in [4.78, 5) is 12.0. The fourth-order valence-corrected chi connectivity index (χ4v) is 2.89. The largest absolute Gasteiger partial charge is 0.461 e. The number of hydrogen-bond acceptors (Lipinski definition) is 4. The van der Waals surface area contributed by atoms with Crippen LogP contribution in [0.1, 0.15) is 31.2 Å². The minimum Gasteiger partial charge on any atom is -0.461 e. The Morgan fingerprint density at radius 3 is 2.53 bits per heavy atom. The lowest BCUT2D eigenvalue weighted by Gasteiger charge is -2.47. The highest BCUT2D eigenvalue weighted by Crippen LogP contribution is 2.34. The number of carbonyl (C=O) groups is 1. The molecule has 2 N–H and O–H groups in total. The molecule has 1 aliphatic heterocycles. The van der Waals surface area contributed by atoms with Crippen molar-refractivity contribution in [2.75, 3.05) is 6.54 Å². The summed E-state index contributed by atoms with van der Waals surface area (Å²) in [5.74, 6) is 0.0442. The fourth-order valence-electron chi connectivity index (χ4n) is 2.89. The lowest BCUT2D eigenvalue weighted by Crippen LogP contribution is -2.70. The number of benzene rings is 1. The number of hydrazine groups is 1. The van der Waals surface area contributed by atoms with Crippen LogP contribution >= 0.6 is 0 Å². The average Bonchev–Trinajstić information content (AvgIpc) is 2.44. The molecule has 0 radical (unpaired) electrons. The van der Waals surface area contributed by atoms with Crippen LogP contribution in [-0.4, -0.2) is 18.1 Å². The van der Waals surface area contributed by atoms with E-state index in [9.17, 15) is 4.79 Å². The van der Waals surface area contributed by atoms with E-state index in [4.69, 9.17) is 4.74 Å². The fraction of sp³-hybridized carbons (Fsp3) is 0.533. The van der Waals surface area contributed by atoms with E-state index in [1.165, 1.54) is 0 Å². The quantitative estimate of drug-likeness (QED) is 0.813. The van der Waals surface area contributed by atoms with Gasteiger partial charge in [0.1, 0.15) is 6.61 Å². The molecule has 4 nitrogen and oxygen atoms in total. The molecule has 102 valence electrons. The van der Waals surface area contributed by atoms with Gasteiger partial charge in [-0.2, -0.15) is 0 Å². The first-order valence-corrected chi connectivity index (χ1v) is 6.98. The summed E-state index contributed by atoms with van der Waals surface area (Å²) < 4.78 is 5.41. The van der Waals surface area contributed by atoms with E-state index in [1.54, 1.807) is 0 Å². The van der Waals surface area contributed by atoms with E-state index in [0.29, 0.717) is 6.61 Å². The second kappa shape index (κ2) is 5.31. The molecule has 0 aromatic heterocycles. The lowest BCUT2D eigenvalue weighted by atomic mass is 9.75. The summed E-state index contributed by atoms with van der Waals surface area (Å²) in [7, 11) is 0. The molecule has 1 spiro atoms. The van der Waals surface area contributed by atoms with Crippen LogP contribution in [-0.2, 0) is 16.1 Å². The van der Waals surface area contributed by atoms with Crippen molar-refractivity contribution in [2.24, 2.45) is 5.92 Å². The van der Waals surface area contributed by atoms with E-state index in [0.717, 1.165) is 37.8 Å². The molecule has 1 saturated carbocycles. The van der Waals surface area contributed by atoms with Crippen molar-refractivity contribution in [3.05, 3.63) is 35.9 Å². The molecule has 3 rings (SSSR count). The summed E-state index contributed by atoms with van der Waals surface area (Å²) >= 11 is 0. The highest BCUT2D eigenvalue weighted by atomic mass is 16.5. The van der Waals surface area contributed by atoms with Gasteiger partial charge in [0.2, 0.25) is 0 Å². The van der Waals surface area contributed by atoms with Crippen LogP contribution in [0.5, 0.6) is 0 Å². The molecular formula is C15H20N2O2. The predicted octanol–water partition coefficient (Wildman–Crippen LogP) is 1.77. The van der Waals surface area contributed by atoms with E-state index >= 15 is 0 Å². The van der Waals surface area contributed by atoms with E-state index in [2.05, 4.69) is 10.9 Å². The minimum atomic E-state index is -0.0361. The number of carbonyl (C=O) groups excluding carboxylic acids is 1. The van der Waals surface area contributed by atoms with Crippen molar-refractivity contribution in [1.82, 2.24) is 10.9 Å². The molecule has 19 heavy (non-hydrogen) atoms. The van der Waals surface area contributed by atoms with Crippen molar-refractivity contribution in [3.8, 4) is 0 Å². The summed E-state index contributed by atoms with van der Waals surface area (Å²) in [5, 5.41) is 0. The zero-order chi connectivity index (χ0) is 13.1. The summed E-state index contributed by atoms with van der Waals surface area (Å²) in [5.41, 5.74) is 7.68.